The van der Waals surface area contributed by atoms with Crippen LogP contribution in [0.4, 0.5) is 21.5 Å². The average molecular weight is 378 g/mol. The Morgan fingerprint density at radius 2 is 1.81 bits per heavy atom. The summed E-state index contributed by atoms with van der Waals surface area (Å²) in [5.74, 6) is -0.910. The van der Waals surface area contributed by atoms with Crippen LogP contribution >= 0.6 is 11.6 Å². The number of hydrogen-bond acceptors (Lipinski definition) is 4. The van der Waals surface area contributed by atoms with Crippen LogP contribution in [-0.4, -0.2) is 23.9 Å². The number of nitrogens with zero attached hydrogens (tertiary/aromatic N) is 2. The molecule has 0 unspecified atom stereocenters. The normalized spacial score (nSPS) is 14.2. The molecule has 0 radical (unpaired) electrons. The van der Waals surface area contributed by atoms with Crippen molar-refractivity contribution in [2.75, 3.05) is 23.3 Å². The molecule has 0 saturated carbocycles. The van der Waals surface area contributed by atoms with Crippen LogP contribution in [0.5, 0.6) is 0 Å². The molecule has 2 aromatic carbocycles. The Bertz CT molecular complexity index is 836. The number of amides is 1. The van der Waals surface area contributed by atoms with Gasteiger partial charge in [-0.15, -0.1) is 0 Å². The van der Waals surface area contributed by atoms with Crippen molar-refractivity contribution in [2.45, 2.75) is 19.3 Å². The van der Waals surface area contributed by atoms with Gasteiger partial charge in [-0.05, 0) is 49.6 Å². The van der Waals surface area contributed by atoms with Gasteiger partial charge in [-0.3, -0.25) is 14.9 Å². The molecule has 0 bridgehead atoms. The zero-order chi connectivity index (χ0) is 18.7. The number of hydrogen-bond donors (Lipinski definition) is 1. The van der Waals surface area contributed by atoms with Crippen molar-refractivity contribution in [2.24, 2.45) is 0 Å². The molecule has 0 aliphatic carbocycles. The molecule has 1 aliphatic heterocycles. The smallest absolute Gasteiger partial charge is 0.294 e. The van der Waals surface area contributed by atoms with Crippen LogP contribution in [0.1, 0.15) is 29.6 Å². The molecule has 26 heavy (non-hydrogen) atoms. The Labute approximate surface area is 154 Å². The predicted molar refractivity (Wildman–Crippen MR) is 98.5 cm³/mol. The molecule has 1 aliphatic rings. The second-order valence-electron chi connectivity index (χ2n) is 6.09. The molecule has 1 N–H and O–H groups in total. The number of carbonyl (C=O) groups excluding carboxylic acids is 1. The number of nitro benzene ring substituents is 1. The van der Waals surface area contributed by atoms with Gasteiger partial charge in [0, 0.05) is 24.7 Å². The van der Waals surface area contributed by atoms with E-state index in [-0.39, 0.29) is 22.0 Å². The third kappa shape index (κ3) is 3.94. The summed E-state index contributed by atoms with van der Waals surface area (Å²) >= 11 is 6.14. The van der Waals surface area contributed by atoms with Gasteiger partial charge >= 0.3 is 0 Å². The maximum Gasteiger partial charge on any atom is 0.294 e. The topological polar surface area (TPSA) is 75.5 Å². The van der Waals surface area contributed by atoms with Gasteiger partial charge in [0.1, 0.15) is 11.5 Å². The molecule has 1 amide bonds. The summed E-state index contributed by atoms with van der Waals surface area (Å²) in [6.07, 6.45) is 3.00. The quantitative estimate of drug-likeness (QED) is 0.622. The highest BCUT2D eigenvalue weighted by molar-refractivity contribution is 6.34. The fraction of sp³-hybridized carbons (Fsp3) is 0.278. The highest BCUT2D eigenvalue weighted by Crippen LogP contribution is 2.38. The van der Waals surface area contributed by atoms with Gasteiger partial charge in [-0.1, -0.05) is 11.6 Å². The first kappa shape index (κ1) is 18.1. The Morgan fingerprint density at radius 1 is 1.15 bits per heavy atom. The van der Waals surface area contributed by atoms with E-state index in [0.717, 1.165) is 19.3 Å². The molecular formula is C18H17ClFN3O3. The molecule has 2 aromatic rings. The van der Waals surface area contributed by atoms with Crippen LogP contribution in [-0.2, 0) is 0 Å². The van der Waals surface area contributed by atoms with Gasteiger partial charge in [0.2, 0.25) is 0 Å². The maximum absolute atomic E-state index is 13.0. The summed E-state index contributed by atoms with van der Waals surface area (Å²) in [4.78, 5) is 25.2. The summed E-state index contributed by atoms with van der Waals surface area (Å²) in [5.41, 5.74) is 0.901. The van der Waals surface area contributed by atoms with Crippen molar-refractivity contribution < 1.29 is 14.1 Å². The molecule has 136 valence electrons. The van der Waals surface area contributed by atoms with Gasteiger partial charge in [0.05, 0.1) is 15.6 Å². The van der Waals surface area contributed by atoms with Gasteiger partial charge < -0.3 is 10.2 Å². The van der Waals surface area contributed by atoms with E-state index in [1.807, 2.05) is 4.90 Å². The summed E-state index contributed by atoms with van der Waals surface area (Å²) in [7, 11) is 0. The second-order valence-corrected chi connectivity index (χ2v) is 6.49. The Hall–Kier alpha value is -2.67. The summed E-state index contributed by atoms with van der Waals surface area (Å²) in [6, 6.07) is 7.88. The molecule has 1 heterocycles. The Kier molecular flexibility index (Phi) is 5.37. The minimum atomic E-state index is -0.471. The lowest BCUT2D eigenvalue weighted by molar-refractivity contribution is -0.384. The van der Waals surface area contributed by atoms with Crippen molar-refractivity contribution in [3.8, 4) is 0 Å². The number of halogens is 2. The largest absolute Gasteiger partial charge is 0.366 e. The summed E-state index contributed by atoms with van der Waals surface area (Å²) < 4.78 is 13.0. The van der Waals surface area contributed by atoms with Crippen molar-refractivity contribution in [3.63, 3.8) is 0 Å². The first-order chi connectivity index (χ1) is 12.5. The summed E-state index contributed by atoms with van der Waals surface area (Å²) in [5, 5.41) is 14.1. The minimum absolute atomic E-state index is 0.0768. The molecule has 1 fully saturated rings. The van der Waals surface area contributed by atoms with Gasteiger partial charge in [-0.2, -0.15) is 0 Å². The van der Waals surface area contributed by atoms with Crippen molar-refractivity contribution in [1.29, 1.82) is 0 Å². The van der Waals surface area contributed by atoms with E-state index in [0.29, 0.717) is 18.8 Å². The molecule has 0 spiro atoms. The number of carbonyl (C=O) groups is 1. The third-order valence-electron chi connectivity index (χ3n) is 4.31. The zero-order valence-electron chi connectivity index (χ0n) is 13.9. The Balaban J connectivity index is 1.92. The van der Waals surface area contributed by atoms with E-state index in [1.165, 1.54) is 36.4 Å². The lowest BCUT2D eigenvalue weighted by Crippen LogP contribution is -2.30. The number of anilines is 2. The van der Waals surface area contributed by atoms with Crippen LogP contribution in [0.3, 0.4) is 0 Å². The lowest BCUT2D eigenvalue weighted by atomic mass is 10.1. The van der Waals surface area contributed by atoms with Crippen molar-refractivity contribution in [3.05, 3.63) is 62.9 Å². The molecule has 8 heteroatoms. The maximum atomic E-state index is 13.0. The van der Waals surface area contributed by atoms with E-state index in [9.17, 15) is 19.3 Å². The van der Waals surface area contributed by atoms with Crippen molar-refractivity contribution in [1.82, 2.24) is 0 Å². The van der Waals surface area contributed by atoms with Crippen LogP contribution in [0.2, 0.25) is 5.02 Å². The predicted octanol–water partition coefficient (Wildman–Crippen LogP) is 4.63. The molecule has 1 saturated heterocycles. The first-order valence-electron chi connectivity index (χ1n) is 8.25. The van der Waals surface area contributed by atoms with Crippen LogP contribution in [0.25, 0.3) is 0 Å². The number of rotatable bonds is 4. The number of piperidine rings is 1. The van der Waals surface area contributed by atoms with E-state index in [4.69, 9.17) is 11.6 Å². The van der Waals surface area contributed by atoms with Crippen LogP contribution in [0, 0.1) is 15.9 Å². The monoisotopic (exact) mass is 377 g/mol. The first-order valence-corrected chi connectivity index (χ1v) is 8.63. The number of nitro groups is 1. The fourth-order valence-electron chi connectivity index (χ4n) is 2.98. The van der Waals surface area contributed by atoms with Crippen molar-refractivity contribution >= 4 is 34.6 Å². The van der Waals surface area contributed by atoms with Crippen LogP contribution in [0.15, 0.2) is 36.4 Å². The zero-order valence-corrected chi connectivity index (χ0v) is 14.6. The lowest BCUT2D eigenvalue weighted by Gasteiger charge is -2.29. The highest BCUT2D eigenvalue weighted by Gasteiger charge is 2.24. The molecule has 3 rings (SSSR count). The summed E-state index contributed by atoms with van der Waals surface area (Å²) in [6.45, 7) is 1.43. The van der Waals surface area contributed by atoms with Crippen LogP contribution < -0.4 is 10.2 Å². The van der Waals surface area contributed by atoms with E-state index < -0.39 is 16.6 Å². The van der Waals surface area contributed by atoms with E-state index in [1.54, 1.807) is 0 Å². The van der Waals surface area contributed by atoms with E-state index in [2.05, 4.69) is 5.32 Å². The molecule has 6 nitrogen and oxygen atoms in total. The minimum Gasteiger partial charge on any atom is -0.366 e. The van der Waals surface area contributed by atoms with E-state index >= 15 is 0 Å². The molecule has 0 aromatic heterocycles. The Morgan fingerprint density at radius 3 is 2.42 bits per heavy atom. The second kappa shape index (κ2) is 7.70. The fourth-order valence-corrected chi connectivity index (χ4v) is 3.18. The van der Waals surface area contributed by atoms with Gasteiger partial charge in [0.15, 0.2) is 0 Å². The van der Waals surface area contributed by atoms with Gasteiger partial charge in [0.25, 0.3) is 11.6 Å². The third-order valence-corrected chi connectivity index (χ3v) is 4.62. The molecule has 0 atom stereocenters. The SMILES string of the molecule is O=C(Nc1cc(N2CCCCC2)c([N+](=O)[O-])cc1Cl)c1ccc(F)cc1. The highest BCUT2D eigenvalue weighted by atomic mass is 35.5. The average Bonchev–Trinajstić information content (AvgIpc) is 2.64. The number of benzene rings is 2. The molecular weight excluding hydrogens is 361 g/mol. The standard InChI is InChI=1S/C18H17ClFN3O3/c19-14-10-17(23(25)26)16(22-8-2-1-3-9-22)11-15(14)21-18(24)12-4-6-13(20)7-5-12/h4-7,10-11H,1-3,8-9H2,(H,21,24). The van der Waals surface area contributed by atoms with Gasteiger partial charge in [-0.25, -0.2) is 4.39 Å². The number of nitrogens with one attached hydrogen (secondary N) is 1.